The van der Waals surface area contributed by atoms with Crippen molar-refractivity contribution < 1.29 is 0 Å². The molecule has 0 fully saturated rings. The number of benzene rings is 1. The third-order valence-electron chi connectivity index (χ3n) is 2.74. The van der Waals surface area contributed by atoms with Crippen LogP contribution < -0.4 is 5.32 Å². The molecule has 6 heteroatoms. The SMILES string of the molecule is CCNC(C)c1ccc(Sc2n[nH]c(C)n2)c(Br)c1. The van der Waals surface area contributed by atoms with Gasteiger partial charge in [0.2, 0.25) is 5.16 Å². The summed E-state index contributed by atoms with van der Waals surface area (Å²) in [5, 5.41) is 11.1. The number of aromatic amines is 1. The van der Waals surface area contributed by atoms with E-state index in [9.17, 15) is 0 Å². The molecule has 0 saturated heterocycles. The molecule has 0 aliphatic heterocycles. The highest BCUT2D eigenvalue weighted by atomic mass is 79.9. The molecule has 2 rings (SSSR count). The van der Waals surface area contributed by atoms with Crippen LogP contribution in [-0.2, 0) is 0 Å². The lowest BCUT2D eigenvalue weighted by atomic mass is 10.1. The predicted molar refractivity (Wildman–Crippen MR) is 81.5 cm³/mol. The van der Waals surface area contributed by atoms with Gasteiger partial charge in [-0.05, 0) is 65.8 Å². The molecule has 2 aromatic rings. The molecule has 0 spiro atoms. The van der Waals surface area contributed by atoms with E-state index in [1.54, 1.807) is 11.8 Å². The van der Waals surface area contributed by atoms with Gasteiger partial charge < -0.3 is 5.32 Å². The van der Waals surface area contributed by atoms with E-state index in [0.717, 1.165) is 26.9 Å². The van der Waals surface area contributed by atoms with Crippen molar-refractivity contribution in [2.45, 2.75) is 36.9 Å². The molecule has 0 saturated carbocycles. The third kappa shape index (κ3) is 3.81. The van der Waals surface area contributed by atoms with Crippen LogP contribution in [0.5, 0.6) is 0 Å². The van der Waals surface area contributed by atoms with Gasteiger partial charge in [0.15, 0.2) is 0 Å². The molecule has 0 bridgehead atoms. The van der Waals surface area contributed by atoms with Crippen molar-refractivity contribution in [2.75, 3.05) is 6.54 Å². The number of hydrogen-bond acceptors (Lipinski definition) is 4. The Balaban J connectivity index is 2.15. The summed E-state index contributed by atoms with van der Waals surface area (Å²) in [5.41, 5.74) is 1.27. The molecular formula is C13H17BrN4S. The Morgan fingerprint density at radius 1 is 1.47 bits per heavy atom. The van der Waals surface area contributed by atoms with Crippen molar-refractivity contribution >= 4 is 27.7 Å². The lowest BCUT2D eigenvalue weighted by Crippen LogP contribution is -2.17. The Bertz CT molecular complexity index is 555. The molecule has 102 valence electrons. The average Bonchev–Trinajstić information content (AvgIpc) is 2.78. The number of rotatable bonds is 5. The van der Waals surface area contributed by atoms with Crippen LogP contribution in [-0.4, -0.2) is 21.7 Å². The van der Waals surface area contributed by atoms with E-state index < -0.39 is 0 Å². The minimum Gasteiger partial charge on any atom is -0.310 e. The molecule has 1 heterocycles. The maximum absolute atomic E-state index is 4.30. The van der Waals surface area contributed by atoms with E-state index in [4.69, 9.17) is 0 Å². The van der Waals surface area contributed by atoms with E-state index in [0.29, 0.717) is 6.04 Å². The number of H-pyrrole nitrogens is 1. The summed E-state index contributed by atoms with van der Waals surface area (Å²) in [6.45, 7) is 7.14. The van der Waals surface area contributed by atoms with Gasteiger partial charge in [0.25, 0.3) is 0 Å². The number of hydrogen-bond donors (Lipinski definition) is 2. The summed E-state index contributed by atoms with van der Waals surface area (Å²) in [5.74, 6) is 0.830. The van der Waals surface area contributed by atoms with Crippen LogP contribution in [0.3, 0.4) is 0 Å². The predicted octanol–water partition coefficient (Wildman–Crippen LogP) is 3.70. The topological polar surface area (TPSA) is 53.6 Å². The Morgan fingerprint density at radius 3 is 2.84 bits per heavy atom. The van der Waals surface area contributed by atoms with Crippen LogP contribution in [0.2, 0.25) is 0 Å². The van der Waals surface area contributed by atoms with E-state index in [1.165, 1.54) is 5.56 Å². The van der Waals surface area contributed by atoms with Gasteiger partial charge in [-0.2, -0.15) is 0 Å². The molecule has 19 heavy (non-hydrogen) atoms. The molecule has 1 atom stereocenters. The van der Waals surface area contributed by atoms with Gasteiger partial charge >= 0.3 is 0 Å². The van der Waals surface area contributed by atoms with E-state index in [2.05, 4.69) is 68.5 Å². The van der Waals surface area contributed by atoms with Crippen LogP contribution >= 0.6 is 27.7 Å². The minimum absolute atomic E-state index is 0.353. The summed E-state index contributed by atoms with van der Waals surface area (Å²) < 4.78 is 1.07. The highest BCUT2D eigenvalue weighted by Crippen LogP contribution is 2.33. The van der Waals surface area contributed by atoms with Gasteiger partial charge in [0.05, 0.1) is 0 Å². The van der Waals surface area contributed by atoms with Crippen molar-refractivity contribution in [3.8, 4) is 0 Å². The average molecular weight is 341 g/mol. The summed E-state index contributed by atoms with van der Waals surface area (Å²) in [6, 6.07) is 6.74. The molecule has 0 amide bonds. The zero-order valence-electron chi connectivity index (χ0n) is 11.2. The van der Waals surface area contributed by atoms with Crippen molar-refractivity contribution in [1.29, 1.82) is 0 Å². The lowest BCUT2D eigenvalue weighted by molar-refractivity contribution is 0.597. The monoisotopic (exact) mass is 340 g/mol. The van der Waals surface area contributed by atoms with Gasteiger partial charge in [-0.15, -0.1) is 5.10 Å². The summed E-state index contributed by atoms with van der Waals surface area (Å²) >= 11 is 5.16. The van der Waals surface area contributed by atoms with E-state index in [1.807, 2.05) is 6.92 Å². The minimum atomic E-state index is 0.353. The highest BCUT2D eigenvalue weighted by molar-refractivity contribution is 9.10. The second kappa shape index (κ2) is 6.54. The van der Waals surface area contributed by atoms with Crippen LogP contribution in [0.4, 0.5) is 0 Å². The van der Waals surface area contributed by atoms with E-state index in [-0.39, 0.29) is 0 Å². The maximum atomic E-state index is 4.30. The summed E-state index contributed by atoms with van der Waals surface area (Å²) in [4.78, 5) is 5.41. The summed E-state index contributed by atoms with van der Waals surface area (Å²) in [6.07, 6.45) is 0. The fourth-order valence-electron chi connectivity index (χ4n) is 1.76. The largest absolute Gasteiger partial charge is 0.310 e. The number of nitrogens with zero attached hydrogens (tertiary/aromatic N) is 2. The fraction of sp³-hybridized carbons (Fsp3) is 0.385. The Morgan fingerprint density at radius 2 is 2.26 bits per heavy atom. The van der Waals surface area contributed by atoms with E-state index >= 15 is 0 Å². The third-order valence-corrected chi connectivity index (χ3v) is 4.60. The number of aryl methyl sites for hydroxylation is 1. The fourth-order valence-corrected chi connectivity index (χ4v) is 3.16. The Hall–Kier alpha value is -0.850. The van der Waals surface area contributed by atoms with Gasteiger partial charge in [-0.1, -0.05) is 13.0 Å². The maximum Gasteiger partial charge on any atom is 0.213 e. The van der Waals surface area contributed by atoms with Crippen molar-refractivity contribution in [3.63, 3.8) is 0 Å². The molecular weight excluding hydrogens is 324 g/mol. The number of nitrogens with one attached hydrogen (secondary N) is 2. The number of halogens is 1. The Kier molecular flexibility index (Phi) is 5.01. The lowest BCUT2D eigenvalue weighted by Gasteiger charge is -2.14. The second-order valence-corrected chi connectivity index (χ2v) is 6.14. The molecule has 1 unspecified atom stereocenters. The number of aromatic nitrogens is 3. The quantitative estimate of drug-likeness (QED) is 0.871. The molecule has 0 aliphatic rings. The zero-order chi connectivity index (χ0) is 13.8. The first-order valence-electron chi connectivity index (χ1n) is 6.20. The van der Waals surface area contributed by atoms with Gasteiger partial charge in [0.1, 0.15) is 5.82 Å². The van der Waals surface area contributed by atoms with Gasteiger partial charge in [-0.25, -0.2) is 4.98 Å². The molecule has 1 aromatic carbocycles. The van der Waals surface area contributed by atoms with Gasteiger partial charge in [-0.3, -0.25) is 5.10 Å². The first-order chi connectivity index (χ1) is 9.10. The van der Waals surface area contributed by atoms with Crippen LogP contribution in [0, 0.1) is 6.92 Å². The smallest absolute Gasteiger partial charge is 0.213 e. The van der Waals surface area contributed by atoms with Crippen molar-refractivity contribution in [2.24, 2.45) is 0 Å². The van der Waals surface area contributed by atoms with Crippen molar-refractivity contribution in [3.05, 3.63) is 34.1 Å². The second-order valence-electron chi connectivity index (χ2n) is 4.27. The zero-order valence-corrected chi connectivity index (χ0v) is 13.6. The molecule has 0 radical (unpaired) electrons. The highest BCUT2D eigenvalue weighted by Gasteiger charge is 2.10. The Labute approximate surface area is 125 Å². The van der Waals surface area contributed by atoms with Crippen molar-refractivity contribution in [1.82, 2.24) is 20.5 Å². The summed E-state index contributed by atoms with van der Waals surface area (Å²) in [7, 11) is 0. The van der Waals surface area contributed by atoms with Crippen LogP contribution in [0.1, 0.15) is 31.3 Å². The van der Waals surface area contributed by atoms with Gasteiger partial charge in [0, 0.05) is 15.4 Å². The first kappa shape index (κ1) is 14.6. The molecule has 2 N–H and O–H groups in total. The molecule has 0 aliphatic carbocycles. The standard InChI is InChI=1S/C13H17BrN4S/c1-4-15-8(2)10-5-6-12(11(14)7-10)19-13-16-9(3)17-18-13/h5-8,15H,4H2,1-3H3,(H,16,17,18). The normalized spacial score (nSPS) is 12.6. The molecule has 4 nitrogen and oxygen atoms in total. The van der Waals surface area contributed by atoms with Crippen LogP contribution in [0.25, 0.3) is 0 Å². The molecule has 1 aromatic heterocycles. The van der Waals surface area contributed by atoms with Crippen LogP contribution in [0.15, 0.2) is 32.7 Å². The first-order valence-corrected chi connectivity index (χ1v) is 7.80.